The van der Waals surface area contributed by atoms with Gasteiger partial charge in [-0.3, -0.25) is 0 Å². The summed E-state index contributed by atoms with van der Waals surface area (Å²) >= 11 is 0. The number of nitrogen functional groups attached to an aromatic ring is 1. The van der Waals surface area contributed by atoms with Crippen LogP contribution in [0.25, 0.3) is 0 Å². The van der Waals surface area contributed by atoms with E-state index < -0.39 is 0 Å². The zero-order valence-electron chi connectivity index (χ0n) is 8.81. The van der Waals surface area contributed by atoms with Crippen molar-refractivity contribution in [2.45, 2.75) is 0 Å². The molecule has 0 spiro atoms. The van der Waals surface area contributed by atoms with Gasteiger partial charge in [0.25, 0.3) is 0 Å². The maximum atomic E-state index is 5.48. The average Bonchev–Trinajstić information content (AvgIpc) is 2.26. The van der Waals surface area contributed by atoms with Crippen molar-refractivity contribution in [3.05, 3.63) is 18.3 Å². The molecule has 0 saturated heterocycles. The van der Waals surface area contributed by atoms with E-state index in [0.717, 1.165) is 0 Å². The van der Waals surface area contributed by atoms with E-state index in [4.69, 9.17) is 19.9 Å². The Balaban J connectivity index is 2.07. The second-order valence-corrected chi connectivity index (χ2v) is 2.88. The SMILES string of the molecule is COCCOCCOc1ccc(N)cn1. The Morgan fingerprint density at radius 3 is 2.67 bits per heavy atom. The maximum Gasteiger partial charge on any atom is 0.213 e. The lowest BCUT2D eigenvalue weighted by Crippen LogP contribution is -2.10. The summed E-state index contributed by atoms with van der Waals surface area (Å²) in [6.07, 6.45) is 1.56. The van der Waals surface area contributed by atoms with Gasteiger partial charge in [0, 0.05) is 13.2 Å². The summed E-state index contributed by atoms with van der Waals surface area (Å²) < 4.78 is 15.4. The Morgan fingerprint density at radius 2 is 2.00 bits per heavy atom. The monoisotopic (exact) mass is 212 g/mol. The Kier molecular flexibility index (Phi) is 5.50. The molecule has 5 nitrogen and oxygen atoms in total. The normalized spacial score (nSPS) is 10.2. The molecule has 0 aromatic carbocycles. The van der Waals surface area contributed by atoms with E-state index in [0.29, 0.717) is 38.0 Å². The Morgan fingerprint density at radius 1 is 1.20 bits per heavy atom. The molecule has 0 radical (unpaired) electrons. The number of rotatable bonds is 7. The first kappa shape index (κ1) is 11.7. The van der Waals surface area contributed by atoms with Crippen LogP contribution in [0.1, 0.15) is 0 Å². The molecule has 0 bridgehead atoms. The first-order chi connectivity index (χ1) is 7.33. The number of hydrogen-bond donors (Lipinski definition) is 1. The number of methoxy groups -OCH3 is 1. The van der Waals surface area contributed by atoms with Crippen LogP contribution < -0.4 is 10.5 Å². The Labute approximate surface area is 89.2 Å². The number of pyridine rings is 1. The summed E-state index contributed by atoms with van der Waals surface area (Å²) in [6, 6.07) is 3.47. The van der Waals surface area contributed by atoms with Crippen LogP contribution in [0.2, 0.25) is 0 Å². The molecule has 1 rings (SSSR count). The first-order valence-electron chi connectivity index (χ1n) is 4.74. The second kappa shape index (κ2) is 7.03. The third-order valence-electron chi connectivity index (χ3n) is 1.67. The molecule has 0 fully saturated rings. The molecule has 15 heavy (non-hydrogen) atoms. The average molecular weight is 212 g/mol. The summed E-state index contributed by atoms with van der Waals surface area (Å²) in [6.45, 7) is 2.17. The summed E-state index contributed by atoms with van der Waals surface area (Å²) in [5, 5.41) is 0. The van der Waals surface area contributed by atoms with E-state index in [2.05, 4.69) is 4.98 Å². The zero-order chi connectivity index (χ0) is 10.9. The molecule has 0 unspecified atom stereocenters. The van der Waals surface area contributed by atoms with E-state index in [1.54, 1.807) is 25.4 Å². The van der Waals surface area contributed by atoms with Crippen molar-refractivity contribution in [3.8, 4) is 5.88 Å². The largest absolute Gasteiger partial charge is 0.475 e. The molecule has 0 aliphatic carbocycles. The summed E-state index contributed by atoms with van der Waals surface area (Å²) in [4.78, 5) is 3.98. The maximum absolute atomic E-state index is 5.48. The number of hydrogen-bond acceptors (Lipinski definition) is 5. The van der Waals surface area contributed by atoms with Crippen molar-refractivity contribution in [3.63, 3.8) is 0 Å². The molecule has 0 atom stereocenters. The molecule has 0 saturated carbocycles. The molecule has 84 valence electrons. The van der Waals surface area contributed by atoms with Crippen LogP contribution in [0, 0.1) is 0 Å². The van der Waals surface area contributed by atoms with Gasteiger partial charge in [0.1, 0.15) is 6.61 Å². The third-order valence-corrected chi connectivity index (χ3v) is 1.67. The lowest BCUT2D eigenvalue weighted by molar-refractivity contribution is 0.0537. The van der Waals surface area contributed by atoms with Crippen molar-refractivity contribution >= 4 is 5.69 Å². The molecule has 1 aromatic heterocycles. The number of nitrogens with two attached hydrogens (primary N) is 1. The summed E-state index contributed by atoms with van der Waals surface area (Å²) in [5.41, 5.74) is 6.10. The van der Waals surface area contributed by atoms with Gasteiger partial charge in [0.2, 0.25) is 5.88 Å². The molecule has 1 aromatic rings. The number of aromatic nitrogens is 1. The third kappa shape index (κ3) is 5.19. The van der Waals surface area contributed by atoms with Crippen molar-refractivity contribution in [2.75, 3.05) is 39.3 Å². The molecule has 5 heteroatoms. The fraction of sp³-hybridized carbons (Fsp3) is 0.500. The van der Waals surface area contributed by atoms with Gasteiger partial charge >= 0.3 is 0 Å². The number of nitrogens with zero attached hydrogens (tertiary/aromatic N) is 1. The van der Waals surface area contributed by atoms with Crippen LogP contribution in [-0.4, -0.2) is 38.5 Å². The molecular formula is C10H16N2O3. The smallest absolute Gasteiger partial charge is 0.213 e. The highest BCUT2D eigenvalue weighted by Crippen LogP contribution is 2.07. The predicted octanol–water partition coefficient (Wildman–Crippen LogP) is 0.706. The number of anilines is 1. The standard InChI is InChI=1S/C10H16N2O3/c1-13-4-5-14-6-7-15-10-3-2-9(11)8-12-10/h2-3,8H,4-7,11H2,1H3. The first-order valence-corrected chi connectivity index (χ1v) is 4.74. The lowest BCUT2D eigenvalue weighted by Gasteiger charge is -2.05. The highest BCUT2D eigenvalue weighted by molar-refractivity contribution is 5.35. The quantitative estimate of drug-likeness (QED) is 0.674. The summed E-state index contributed by atoms with van der Waals surface area (Å²) in [5.74, 6) is 0.555. The van der Waals surface area contributed by atoms with Crippen LogP contribution in [0.15, 0.2) is 18.3 Å². The van der Waals surface area contributed by atoms with Crippen molar-refractivity contribution in [1.29, 1.82) is 0 Å². The van der Waals surface area contributed by atoms with Crippen LogP contribution >= 0.6 is 0 Å². The van der Waals surface area contributed by atoms with Crippen molar-refractivity contribution < 1.29 is 14.2 Å². The van der Waals surface area contributed by atoms with E-state index >= 15 is 0 Å². The molecule has 1 heterocycles. The molecule has 0 aliphatic heterocycles. The van der Waals surface area contributed by atoms with Crippen LogP contribution in [0.5, 0.6) is 5.88 Å². The van der Waals surface area contributed by atoms with E-state index in [1.807, 2.05) is 0 Å². The Bertz CT molecular complexity index is 264. The highest BCUT2D eigenvalue weighted by atomic mass is 16.5. The van der Waals surface area contributed by atoms with Gasteiger partial charge in [0.05, 0.1) is 31.7 Å². The van der Waals surface area contributed by atoms with Gasteiger partial charge in [-0.25, -0.2) is 4.98 Å². The summed E-state index contributed by atoms with van der Waals surface area (Å²) in [7, 11) is 1.64. The van der Waals surface area contributed by atoms with Gasteiger partial charge in [-0.05, 0) is 6.07 Å². The lowest BCUT2D eigenvalue weighted by atomic mass is 10.4. The molecule has 0 aliphatic rings. The van der Waals surface area contributed by atoms with Crippen molar-refractivity contribution in [2.24, 2.45) is 0 Å². The minimum atomic E-state index is 0.473. The van der Waals surface area contributed by atoms with Crippen molar-refractivity contribution in [1.82, 2.24) is 4.98 Å². The van der Waals surface area contributed by atoms with Crippen LogP contribution in [0.4, 0.5) is 5.69 Å². The van der Waals surface area contributed by atoms with Crippen LogP contribution in [-0.2, 0) is 9.47 Å². The van der Waals surface area contributed by atoms with Gasteiger partial charge in [-0.2, -0.15) is 0 Å². The predicted molar refractivity (Wildman–Crippen MR) is 56.8 cm³/mol. The van der Waals surface area contributed by atoms with E-state index in [-0.39, 0.29) is 0 Å². The van der Waals surface area contributed by atoms with Crippen LogP contribution in [0.3, 0.4) is 0 Å². The zero-order valence-corrected chi connectivity index (χ0v) is 8.81. The minimum absolute atomic E-state index is 0.473. The minimum Gasteiger partial charge on any atom is -0.475 e. The fourth-order valence-electron chi connectivity index (χ4n) is 0.927. The fourth-order valence-corrected chi connectivity index (χ4v) is 0.927. The topological polar surface area (TPSA) is 66.6 Å². The van der Waals surface area contributed by atoms with E-state index in [9.17, 15) is 0 Å². The number of ether oxygens (including phenoxy) is 3. The molecule has 2 N–H and O–H groups in total. The molecular weight excluding hydrogens is 196 g/mol. The van der Waals surface area contributed by atoms with Gasteiger partial charge < -0.3 is 19.9 Å². The van der Waals surface area contributed by atoms with Gasteiger partial charge in [0.15, 0.2) is 0 Å². The Hall–Kier alpha value is -1.33. The second-order valence-electron chi connectivity index (χ2n) is 2.88. The van der Waals surface area contributed by atoms with E-state index in [1.165, 1.54) is 0 Å². The van der Waals surface area contributed by atoms with Gasteiger partial charge in [-0.15, -0.1) is 0 Å². The molecule has 0 amide bonds. The van der Waals surface area contributed by atoms with Gasteiger partial charge in [-0.1, -0.05) is 0 Å². The highest BCUT2D eigenvalue weighted by Gasteiger charge is 1.94.